The van der Waals surface area contributed by atoms with Crippen molar-refractivity contribution in [2.24, 2.45) is 27.9 Å². The van der Waals surface area contributed by atoms with Gasteiger partial charge in [0, 0.05) is 25.3 Å². The van der Waals surface area contributed by atoms with Crippen LogP contribution in [0, 0.1) is 0 Å². The number of amides is 4. The predicted molar refractivity (Wildman–Crippen MR) is 126 cm³/mol. The molecule has 11 N–H and O–H groups in total. The molecule has 1 saturated heterocycles. The molecule has 1 aliphatic rings. The summed E-state index contributed by atoms with van der Waals surface area (Å²) in [6, 6.07) is -4.23. The third-order valence-electron chi connectivity index (χ3n) is 5.22. The zero-order valence-electron chi connectivity index (χ0n) is 18.8. The van der Waals surface area contributed by atoms with Crippen LogP contribution in [0.5, 0.6) is 0 Å². The maximum Gasteiger partial charge on any atom is 0.326 e. The van der Waals surface area contributed by atoms with Crippen molar-refractivity contribution in [2.45, 2.75) is 62.7 Å². The standard InChI is InChI=1S/C19H34N8O6S/c20-10(9-34)17(31)27-8-2-4-13(27)16(30)25-11(5-6-14(21)28)15(29)26-12(18(32)33)3-1-7-24-19(22)23/h10-13,34H,1-9,20H2,(H2,21,28)(H,25,30)(H,26,29)(H,32,33)(H4,22,23,24). The van der Waals surface area contributed by atoms with E-state index in [-0.39, 0.29) is 43.9 Å². The number of nitrogens with two attached hydrogens (primary N) is 4. The topological polar surface area (TPSA) is 249 Å². The van der Waals surface area contributed by atoms with Gasteiger partial charge in [0.15, 0.2) is 5.96 Å². The van der Waals surface area contributed by atoms with E-state index in [1.54, 1.807) is 0 Å². The number of likely N-dealkylation sites (tertiary alicyclic amines) is 1. The van der Waals surface area contributed by atoms with Crippen molar-refractivity contribution in [3.8, 4) is 0 Å². The van der Waals surface area contributed by atoms with E-state index in [1.807, 2.05) is 0 Å². The Labute approximate surface area is 202 Å². The Balaban J connectivity index is 2.89. The van der Waals surface area contributed by atoms with E-state index in [9.17, 15) is 29.1 Å². The lowest BCUT2D eigenvalue weighted by Gasteiger charge is -2.28. The van der Waals surface area contributed by atoms with Gasteiger partial charge in [-0.15, -0.1) is 0 Å². The average molecular weight is 503 g/mol. The number of aliphatic carboxylic acids is 1. The molecule has 14 nitrogen and oxygen atoms in total. The number of aliphatic imine (C=N–C) groups is 1. The molecule has 1 aliphatic heterocycles. The van der Waals surface area contributed by atoms with E-state index in [2.05, 4.69) is 28.3 Å². The molecule has 15 heteroatoms. The van der Waals surface area contributed by atoms with Crippen molar-refractivity contribution in [3.05, 3.63) is 0 Å². The van der Waals surface area contributed by atoms with Gasteiger partial charge in [-0.25, -0.2) is 4.79 Å². The number of carboxylic acid groups (broad SMARTS) is 1. The summed E-state index contributed by atoms with van der Waals surface area (Å²) >= 11 is 4.01. The number of nitrogens with zero attached hydrogens (tertiary/aromatic N) is 2. The second-order valence-corrected chi connectivity index (χ2v) is 8.26. The Kier molecular flexibility index (Phi) is 12.1. The first-order chi connectivity index (χ1) is 16.0. The predicted octanol–water partition coefficient (Wildman–Crippen LogP) is -3.39. The lowest BCUT2D eigenvalue weighted by Crippen LogP contribution is -2.56. The van der Waals surface area contributed by atoms with E-state index in [0.29, 0.717) is 19.4 Å². The SMILES string of the molecule is NC(=O)CCC(NC(=O)C1CCCN1C(=O)C(N)CS)C(=O)NC(CCCN=C(N)N)C(=O)O. The number of primary amides is 1. The van der Waals surface area contributed by atoms with Crippen LogP contribution in [0.4, 0.5) is 0 Å². The fourth-order valence-electron chi connectivity index (χ4n) is 3.45. The summed E-state index contributed by atoms with van der Waals surface area (Å²) < 4.78 is 0. The van der Waals surface area contributed by atoms with Gasteiger partial charge in [-0.3, -0.25) is 24.2 Å². The van der Waals surface area contributed by atoms with Gasteiger partial charge in [-0.1, -0.05) is 0 Å². The van der Waals surface area contributed by atoms with Crippen LogP contribution in [0.15, 0.2) is 4.99 Å². The molecule has 34 heavy (non-hydrogen) atoms. The van der Waals surface area contributed by atoms with Gasteiger partial charge in [-0.05, 0) is 32.1 Å². The van der Waals surface area contributed by atoms with Crippen LogP contribution < -0.4 is 33.6 Å². The summed E-state index contributed by atoms with van der Waals surface area (Å²) in [5.41, 5.74) is 21.4. The molecule has 0 saturated carbocycles. The summed E-state index contributed by atoms with van der Waals surface area (Å²) in [7, 11) is 0. The molecule has 0 aromatic rings. The molecule has 0 aromatic heterocycles. The minimum Gasteiger partial charge on any atom is -0.480 e. The zero-order valence-corrected chi connectivity index (χ0v) is 19.7. The summed E-state index contributed by atoms with van der Waals surface area (Å²) in [6.07, 6.45) is 0.864. The zero-order chi connectivity index (χ0) is 25.8. The first kappa shape index (κ1) is 29.0. The number of hydrogen-bond donors (Lipinski definition) is 8. The first-order valence-electron chi connectivity index (χ1n) is 10.8. The molecule has 1 rings (SSSR count). The number of carbonyl (C=O) groups excluding carboxylic acids is 4. The maximum atomic E-state index is 12.9. The van der Waals surface area contributed by atoms with Gasteiger partial charge in [-0.2, -0.15) is 12.6 Å². The lowest BCUT2D eigenvalue weighted by molar-refractivity contribution is -0.143. The third-order valence-corrected chi connectivity index (χ3v) is 5.62. The third kappa shape index (κ3) is 9.43. The van der Waals surface area contributed by atoms with Gasteiger partial charge in [0.1, 0.15) is 18.1 Å². The lowest BCUT2D eigenvalue weighted by atomic mass is 10.1. The van der Waals surface area contributed by atoms with Gasteiger partial charge in [0.25, 0.3) is 0 Å². The van der Waals surface area contributed by atoms with Crippen molar-refractivity contribution in [3.63, 3.8) is 0 Å². The highest BCUT2D eigenvalue weighted by Gasteiger charge is 2.37. The molecule has 1 heterocycles. The molecule has 0 spiro atoms. The number of hydrogen-bond acceptors (Lipinski definition) is 8. The Hall–Kier alpha value is -3.07. The maximum absolute atomic E-state index is 12.9. The van der Waals surface area contributed by atoms with Crippen LogP contribution in [0.1, 0.15) is 38.5 Å². The number of nitrogens with one attached hydrogen (secondary N) is 2. The largest absolute Gasteiger partial charge is 0.480 e. The smallest absolute Gasteiger partial charge is 0.326 e. The fraction of sp³-hybridized carbons (Fsp3) is 0.684. The highest BCUT2D eigenvalue weighted by atomic mass is 32.1. The van der Waals surface area contributed by atoms with Crippen molar-refractivity contribution in [1.29, 1.82) is 0 Å². The number of guanidine groups is 1. The Morgan fingerprint density at radius 2 is 1.76 bits per heavy atom. The Morgan fingerprint density at radius 1 is 1.09 bits per heavy atom. The molecule has 4 amide bonds. The molecule has 0 aliphatic carbocycles. The van der Waals surface area contributed by atoms with Crippen LogP contribution in [-0.4, -0.2) is 88.6 Å². The normalized spacial score (nSPS) is 17.8. The Morgan fingerprint density at radius 3 is 2.32 bits per heavy atom. The fourth-order valence-corrected chi connectivity index (χ4v) is 3.61. The molecular formula is C19H34N8O6S. The molecule has 0 bridgehead atoms. The van der Waals surface area contributed by atoms with Gasteiger partial charge >= 0.3 is 5.97 Å². The van der Waals surface area contributed by atoms with Gasteiger partial charge in [0.05, 0.1) is 6.04 Å². The molecule has 4 unspecified atom stereocenters. The molecule has 0 radical (unpaired) electrons. The van der Waals surface area contributed by atoms with Crippen molar-refractivity contribution < 1.29 is 29.1 Å². The first-order valence-corrected chi connectivity index (χ1v) is 11.4. The summed E-state index contributed by atoms with van der Waals surface area (Å²) in [4.78, 5) is 66.1. The second-order valence-electron chi connectivity index (χ2n) is 7.89. The van der Waals surface area contributed by atoms with E-state index in [4.69, 9.17) is 22.9 Å². The average Bonchev–Trinajstić information content (AvgIpc) is 3.26. The Bertz CT molecular complexity index is 791. The minimum atomic E-state index is -1.29. The van der Waals surface area contributed by atoms with Crippen molar-refractivity contribution >= 4 is 48.2 Å². The van der Waals surface area contributed by atoms with E-state index >= 15 is 0 Å². The molecule has 4 atom stereocenters. The van der Waals surface area contributed by atoms with E-state index < -0.39 is 53.8 Å². The van der Waals surface area contributed by atoms with E-state index in [0.717, 1.165) is 0 Å². The number of thiol groups is 1. The minimum absolute atomic E-state index is 0.0286. The van der Waals surface area contributed by atoms with Crippen molar-refractivity contribution in [1.82, 2.24) is 15.5 Å². The summed E-state index contributed by atoms with van der Waals surface area (Å²) in [5, 5.41) is 14.3. The van der Waals surface area contributed by atoms with Crippen molar-refractivity contribution in [2.75, 3.05) is 18.8 Å². The number of carboxylic acids is 1. The van der Waals surface area contributed by atoms with E-state index in [1.165, 1.54) is 4.90 Å². The molecule has 1 fully saturated rings. The van der Waals surface area contributed by atoms with Crippen LogP contribution in [-0.2, 0) is 24.0 Å². The summed E-state index contributed by atoms with van der Waals surface area (Å²) in [5.74, 6) is -3.86. The molecule has 192 valence electrons. The second kappa shape index (κ2) is 14.2. The van der Waals surface area contributed by atoms with Crippen LogP contribution in [0.2, 0.25) is 0 Å². The van der Waals surface area contributed by atoms with Crippen LogP contribution in [0.3, 0.4) is 0 Å². The van der Waals surface area contributed by atoms with Gasteiger partial charge in [0.2, 0.25) is 23.6 Å². The highest BCUT2D eigenvalue weighted by molar-refractivity contribution is 7.80. The monoisotopic (exact) mass is 502 g/mol. The number of rotatable bonds is 14. The molecular weight excluding hydrogens is 468 g/mol. The van der Waals surface area contributed by atoms with Gasteiger partial charge < -0.3 is 43.6 Å². The summed E-state index contributed by atoms with van der Waals surface area (Å²) in [6.45, 7) is 0.497. The quantitative estimate of drug-likeness (QED) is 0.0509. The number of carbonyl (C=O) groups is 5. The van der Waals surface area contributed by atoms with Crippen LogP contribution in [0.25, 0.3) is 0 Å². The highest BCUT2D eigenvalue weighted by Crippen LogP contribution is 2.19. The molecule has 0 aromatic carbocycles. The van der Waals surface area contributed by atoms with Crippen LogP contribution >= 0.6 is 12.6 Å².